The lowest BCUT2D eigenvalue weighted by atomic mass is 10.1. The van der Waals surface area contributed by atoms with E-state index in [1.807, 2.05) is 18.2 Å². The van der Waals surface area contributed by atoms with Crippen LogP contribution in [0, 0.1) is 0 Å². The van der Waals surface area contributed by atoms with Crippen molar-refractivity contribution in [2.45, 2.75) is 13.0 Å². The van der Waals surface area contributed by atoms with Crippen molar-refractivity contribution >= 4 is 11.6 Å². The van der Waals surface area contributed by atoms with Crippen molar-refractivity contribution in [3.05, 3.63) is 65.2 Å². The summed E-state index contributed by atoms with van der Waals surface area (Å²) in [6.45, 7) is 0.559. The Morgan fingerprint density at radius 1 is 1.10 bits per heavy atom. The number of anilines is 1. The van der Waals surface area contributed by atoms with Gasteiger partial charge in [0.15, 0.2) is 0 Å². The molecule has 2 aromatic carbocycles. The molecule has 0 aliphatic rings. The molecule has 0 atom stereocenters. The zero-order valence-corrected chi connectivity index (χ0v) is 11.2. The normalized spacial score (nSPS) is 10.3. The number of rotatable bonds is 5. The van der Waals surface area contributed by atoms with E-state index < -0.39 is 0 Å². The van der Waals surface area contributed by atoms with Crippen molar-refractivity contribution in [2.24, 2.45) is 5.73 Å². The summed E-state index contributed by atoms with van der Waals surface area (Å²) >= 11 is 0. The number of carbonyl (C=O) groups is 1. The molecule has 0 heterocycles. The number of benzene rings is 2. The Bertz CT molecular complexity index is 579. The average molecular weight is 270 g/mol. The van der Waals surface area contributed by atoms with Gasteiger partial charge in [0.25, 0.3) is 5.91 Å². The molecule has 20 heavy (non-hydrogen) atoms. The highest BCUT2D eigenvalue weighted by atomic mass is 16.3. The zero-order chi connectivity index (χ0) is 14.4. The molecule has 4 N–H and O–H groups in total. The van der Waals surface area contributed by atoms with Gasteiger partial charge in [-0.2, -0.15) is 0 Å². The predicted molar refractivity (Wildman–Crippen MR) is 79.5 cm³/mol. The van der Waals surface area contributed by atoms with Crippen LogP contribution >= 0.6 is 0 Å². The maximum absolute atomic E-state index is 12.1. The molecule has 104 valence electrons. The summed E-state index contributed by atoms with van der Waals surface area (Å²) < 4.78 is 0. The lowest BCUT2D eigenvalue weighted by molar-refractivity contribution is 0.102. The first-order valence-electron chi connectivity index (χ1n) is 6.53. The Morgan fingerprint density at radius 2 is 1.85 bits per heavy atom. The van der Waals surface area contributed by atoms with Crippen molar-refractivity contribution in [1.29, 1.82) is 0 Å². The first-order valence-corrected chi connectivity index (χ1v) is 6.53. The number of amides is 1. The first-order chi connectivity index (χ1) is 9.72. The summed E-state index contributed by atoms with van der Waals surface area (Å²) in [6.07, 6.45) is 0.756. The van der Waals surface area contributed by atoms with Gasteiger partial charge in [-0.3, -0.25) is 4.79 Å². The number of carbonyl (C=O) groups excluding carboxylic acids is 1. The molecule has 2 rings (SSSR count). The van der Waals surface area contributed by atoms with Crippen LogP contribution in [0.1, 0.15) is 21.5 Å². The van der Waals surface area contributed by atoms with Crippen LogP contribution < -0.4 is 11.1 Å². The van der Waals surface area contributed by atoms with Gasteiger partial charge in [0.2, 0.25) is 0 Å². The maximum Gasteiger partial charge on any atom is 0.255 e. The van der Waals surface area contributed by atoms with Gasteiger partial charge in [-0.1, -0.05) is 24.3 Å². The minimum atomic E-state index is -0.152. The second kappa shape index (κ2) is 6.84. The largest absolute Gasteiger partial charge is 0.392 e. The summed E-state index contributed by atoms with van der Waals surface area (Å²) in [5, 5.41) is 11.8. The number of aliphatic hydroxyl groups is 1. The van der Waals surface area contributed by atoms with Gasteiger partial charge in [0, 0.05) is 11.3 Å². The Hall–Kier alpha value is -2.17. The van der Waals surface area contributed by atoms with Crippen LogP contribution in [0.15, 0.2) is 48.5 Å². The van der Waals surface area contributed by atoms with Crippen LogP contribution in [0.2, 0.25) is 0 Å². The molecule has 0 saturated heterocycles. The Balaban J connectivity index is 2.08. The van der Waals surface area contributed by atoms with Gasteiger partial charge in [-0.05, 0) is 48.4 Å². The lowest BCUT2D eigenvalue weighted by Gasteiger charge is -2.07. The third-order valence-corrected chi connectivity index (χ3v) is 3.02. The summed E-state index contributed by atoms with van der Waals surface area (Å²) in [5.74, 6) is -0.152. The number of hydrogen-bond donors (Lipinski definition) is 3. The number of nitrogens with two attached hydrogens (primary N) is 1. The van der Waals surface area contributed by atoms with E-state index in [2.05, 4.69) is 5.32 Å². The highest BCUT2D eigenvalue weighted by Gasteiger charge is 2.06. The molecule has 2 aromatic rings. The second-order valence-electron chi connectivity index (χ2n) is 4.55. The summed E-state index contributed by atoms with van der Waals surface area (Å²) in [4.78, 5) is 12.1. The molecule has 4 nitrogen and oxygen atoms in total. The average Bonchev–Trinajstić information content (AvgIpc) is 2.48. The van der Waals surface area contributed by atoms with Crippen LogP contribution in [0.5, 0.6) is 0 Å². The molecule has 0 fully saturated rings. The molecule has 0 saturated carbocycles. The van der Waals surface area contributed by atoms with E-state index in [0.29, 0.717) is 17.8 Å². The van der Waals surface area contributed by atoms with Crippen LogP contribution in [0.25, 0.3) is 0 Å². The van der Waals surface area contributed by atoms with Crippen LogP contribution in [0.4, 0.5) is 5.69 Å². The van der Waals surface area contributed by atoms with E-state index >= 15 is 0 Å². The monoisotopic (exact) mass is 270 g/mol. The third-order valence-electron chi connectivity index (χ3n) is 3.02. The molecule has 0 radical (unpaired) electrons. The number of aliphatic hydroxyl groups excluding tert-OH is 1. The van der Waals surface area contributed by atoms with Crippen molar-refractivity contribution < 1.29 is 9.90 Å². The SMILES string of the molecule is NCCc1cccc(C(=O)Nc2ccc(CO)cc2)c1. The van der Waals surface area contributed by atoms with Gasteiger partial charge >= 0.3 is 0 Å². The fourth-order valence-electron chi connectivity index (χ4n) is 1.93. The van der Waals surface area contributed by atoms with E-state index in [1.165, 1.54) is 0 Å². The molecule has 0 aliphatic heterocycles. The third kappa shape index (κ3) is 3.66. The highest BCUT2D eigenvalue weighted by molar-refractivity contribution is 6.04. The standard InChI is InChI=1S/C16H18N2O2/c17-9-8-12-2-1-3-14(10-12)16(20)18-15-6-4-13(11-19)5-7-15/h1-7,10,19H,8-9,11,17H2,(H,18,20). The van der Waals surface area contributed by atoms with Crippen LogP contribution in [0.3, 0.4) is 0 Å². The van der Waals surface area contributed by atoms with Gasteiger partial charge in [-0.25, -0.2) is 0 Å². The van der Waals surface area contributed by atoms with Gasteiger partial charge in [0.1, 0.15) is 0 Å². The van der Waals surface area contributed by atoms with Crippen molar-refractivity contribution in [3.8, 4) is 0 Å². The second-order valence-corrected chi connectivity index (χ2v) is 4.55. The Morgan fingerprint density at radius 3 is 2.50 bits per heavy atom. The summed E-state index contributed by atoms with van der Waals surface area (Å²) in [6, 6.07) is 14.5. The van der Waals surface area contributed by atoms with E-state index in [0.717, 1.165) is 17.5 Å². The minimum Gasteiger partial charge on any atom is -0.392 e. The zero-order valence-electron chi connectivity index (χ0n) is 11.2. The minimum absolute atomic E-state index is 0.00460. The van der Waals surface area contributed by atoms with Crippen molar-refractivity contribution in [1.82, 2.24) is 0 Å². The fraction of sp³-hybridized carbons (Fsp3) is 0.188. The van der Waals surface area contributed by atoms with Crippen molar-refractivity contribution in [2.75, 3.05) is 11.9 Å². The molecule has 0 bridgehead atoms. The molecule has 1 amide bonds. The van der Waals surface area contributed by atoms with E-state index in [9.17, 15) is 4.79 Å². The highest BCUT2D eigenvalue weighted by Crippen LogP contribution is 2.12. The quantitative estimate of drug-likeness (QED) is 0.777. The van der Waals surface area contributed by atoms with Gasteiger partial charge in [-0.15, -0.1) is 0 Å². The first kappa shape index (κ1) is 14.2. The molecule has 0 aromatic heterocycles. The lowest BCUT2D eigenvalue weighted by Crippen LogP contribution is -2.12. The summed E-state index contributed by atoms with van der Waals surface area (Å²) in [7, 11) is 0. The molecular weight excluding hydrogens is 252 g/mol. The fourth-order valence-corrected chi connectivity index (χ4v) is 1.93. The van der Waals surface area contributed by atoms with Crippen LogP contribution in [-0.4, -0.2) is 17.6 Å². The van der Waals surface area contributed by atoms with E-state index in [-0.39, 0.29) is 12.5 Å². The van der Waals surface area contributed by atoms with Crippen LogP contribution in [-0.2, 0) is 13.0 Å². The molecule has 4 heteroatoms. The topological polar surface area (TPSA) is 75.4 Å². The van der Waals surface area contributed by atoms with Gasteiger partial charge in [0.05, 0.1) is 6.61 Å². The number of hydrogen-bond acceptors (Lipinski definition) is 3. The van der Waals surface area contributed by atoms with E-state index in [4.69, 9.17) is 10.8 Å². The van der Waals surface area contributed by atoms with Gasteiger partial charge < -0.3 is 16.2 Å². The maximum atomic E-state index is 12.1. The molecule has 0 spiro atoms. The smallest absolute Gasteiger partial charge is 0.255 e. The summed E-state index contributed by atoms with van der Waals surface area (Å²) in [5.41, 5.74) is 8.70. The molecule has 0 aliphatic carbocycles. The Labute approximate surface area is 118 Å². The van der Waals surface area contributed by atoms with E-state index in [1.54, 1.807) is 30.3 Å². The Kier molecular flexibility index (Phi) is 4.87. The van der Waals surface area contributed by atoms with Crippen molar-refractivity contribution in [3.63, 3.8) is 0 Å². The molecular formula is C16H18N2O2. The number of nitrogens with one attached hydrogen (secondary N) is 1. The molecule has 0 unspecified atom stereocenters. The predicted octanol–water partition coefficient (Wildman–Crippen LogP) is 1.93.